The molecule has 0 aliphatic carbocycles. The van der Waals surface area contributed by atoms with Gasteiger partial charge >= 0.3 is 0 Å². The molecule has 14 aromatic carbocycles. The fraction of sp³-hybridized carbons (Fsp3) is 0. The molecule has 0 radical (unpaired) electrons. The van der Waals surface area contributed by atoms with E-state index in [-0.39, 0.29) is 0 Å². The second-order valence-electron chi connectivity index (χ2n) is 20.6. The van der Waals surface area contributed by atoms with Crippen LogP contribution in [0.1, 0.15) is 0 Å². The van der Waals surface area contributed by atoms with Crippen molar-refractivity contribution >= 4 is 129 Å². The third-order valence-electron chi connectivity index (χ3n) is 16.4. The molecule has 0 aliphatic rings. The molecule has 0 fully saturated rings. The van der Waals surface area contributed by atoms with E-state index in [9.17, 15) is 0 Å². The smallest absolute Gasteiger partial charge is 0.164 e. The van der Waals surface area contributed by atoms with Crippen LogP contribution in [0.4, 0.5) is 0 Å². The highest BCUT2D eigenvalue weighted by molar-refractivity contribution is 7.25. The zero-order valence-electron chi connectivity index (χ0n) is 41.9. The number of thiophene rings is 1. The van der Waals surface area contributed by atoms with E-state index in [1.807, 2.05) is 11.3 Å². The van der Waals surface area contributed by atoms with Crippen molar-refractivity contribution in [2.24, 2.45) is 0 Å². The van der Waals surface area contributed by atoms with Gasteiger partial charge in [0, 0.05) is 53.3 Å². The Kier molecular flexibility index (Phi) is 9.26. The number of nitrogens with zero attached hydrogens (tertiary/aromatic N) is 4. The van der Waals surface area contributed by atoms with Gasteiger partial charge in [0.2, 0.25) is 0 Å². The molecule has 0 amide bonds. The molecule has 17 rings (SSSR count). The summed E-state index contributed by atoms with van der Waals surface area (Å²) in [5, 5.41) is 21.9. The highest BCUT2D eigenvalue weighted by Crippen LogP contribution is 2.44. The van der Waals surface area contributed by atoms with Gasteiger partial charge < -0.3 is 4.57 Å². The predicted octanol–water partition coefficient (Wildman–Crippen LogP) is 20.1. The van der Waals surface area contributed by atoms with Gasteiger partial charge in [-0.25, -0.2) is 15.0 Å². The Bertz CT molecular complexity index is 5170. The van der Waals surface area contributed by atoms with Crippen LogP contribution in [0.15, 0.2) is 255 Å². The number of rotatable bonds is 5. The maximum absolute atomic E-state index is 5.59. The zero-order chi connectivity index (χ0) is 51.0. The molecule has 0 bridgehead atoms. The van der Waals surface area contributed by atoms with E-state index in [1.54, 1.807) is 0 Å². The average molecular weight is 1010 g/mol. The lowest BCUT2D eigenvalue weighted by atomic mass is 9.93. The fourth-order valence-corrected chi connectivity index (χ4v) is 13.9. The standard InChI is InChI=1S/C73H42N4S/c1-2-16-44-41-68-65(37-43(44)15-1)59-25-11-13-27-67(59)77(68)48-32-35-61(62(42-48)45-31-36-70-66(38-45)60-26-12-14-28-69(60)78-70)73-75-71(46-29-33-57-53-21-5-3-17-49(53)51-19-7-9-23-55(51)63(57)39-46)74-72(76-73)47-30-34-58-54-22-6-4-18-50(54)52-20-8-10-24-56(52)64(58)40-47/h1-42H. The summed E-state index contributed by atoms with van der Waals surface area (Å²) in [4.78, 5) is 16.7. The number of benzene rings is 14. The van der Waals surface area contributed by atoms with Crippen LogP contribution >= 0.6 is 11.3 Å². The first-order chi connectivity index (χ1) is 38.6. The van der Waals surface area contributed by atoms with E-state index >= 15 is 0 Å². The predicted molar refractivity (Wildman–Crippen MR) is 331 cm³/mol. The number of para-hydroxylation sites is 1. The van der Waals surface area contributed by atoms with Crippen molar-refractivity contribution in [2.45, 2.75) is 0 Å². The third-order valence-corrected chi connectivity index (χ3v) is 17.5. The fourth-order valence-electron chi connectivity index (χ4n) is 12.8. The second kappa shape index (κ2) is 16.7. The van der Waals surface area contributed by atoms with Crippen LogP contribution in [0.5, 0.6) is 0 Å². The monoisotopic (exact) mass is 1010 g/mol. The molecule has 4 nitrogen and oxygen atoms in total. The normalized spacial score (nSPS) is 12.1. The highest BCUT2D eigenvalue weighted by Gasteiger charge is 2.22. The molecular formula is C73H42N4S. The molecule has 0 N–H and O–H groups in total. The van der Waals surface area contributed by atoms with E-state index in [1.165, 1.54) is 95.6 Å². The molecule has 0 unspecified atom stereocenters. The van der Waals surface area contributed by atoms with Crippen molar-refractivity contribution in [3.05, 3.63) is 255 Å². The van der Waals surface area contributed by atoms with Crippen LogP contribution in [0, 0.1) is 0 Å². The Balaban J connectivity index is 0.949. The van der Waals surface area contributed by atoms with Crippen LogP contribution in [0.25, 0.3) is 168 Å². The highest BCUT2D eigenvalue weighted by atomic mass is 32.1. The summed E-state index contributed by atoms with van der Waals surface area (Å²) in [5.74, 6) is 1.83. The molecule has 0 spiro atoms. The van der Waals surface area contributed by atoms with Crippen molar-refractivity contribution in [3.8, 4) is 51.0 Å². The first kappa shape index (κ1) is 43.2. The summed E-state index contributed by atoms with van der Waals surface area (Å²) < 4.78 is 4.96. The van der Waals surface area contributed by atoms with Crippen LogP contribution < -0.4 is 0 Å². The lowest BCUT2D eigenvalue weighted by Gasteiger charge is -2.16. The largest absolute Gasteiger partial charge is 0.309 e. The van der Waals surface area contributed by atoms with Gasteiger partial charge in [-0.15, -0.1) is 11.3 Å². The van der Waals surface area contributed by atoms with Crippen LogP contribution in [0.3, 0.4) is 0 Å². The SMILES string of the molecule is c1ccc2cc3c(cc2c1)c1ccccc1n3-c1ccc(-c2nc(-c3ccc4c5ccccc5c5ccccc5c4c3)nc(-c3ccc4c5ccccc5c5ccccc5c4c3)n2)c(-c2ccc3sc4ccccc4c3c2)c1. The van der Waals surface area contributed by atoms with Crippen molar-refractivity contribution in [3.63, 3.8) is 0 Å². The summed E-state index contributed by atoms with van der Waals surface area (Å²) in [5.41, 5.74) is 8.26. The quantitative estimate of drug-likeness (QED) is 0.161. The van der Waals surface area contributed by atoms with E-state index in [2.05, 4.69) is 259 Å². The minimum absolute atomic E-state index is 0.604. The van der Waals surface area contributed by atoms with E-state index in [4.69, 9.17) is 15.0 Å². The second-order valence-corrected chi connectivity index (χ2v) is 21.7. The first-order valence-corrected chi connectivity index (χ1v) is 27.4. The summed E-state index contributed by atoms with van der Waals surface area (Å²) in [6.07, 6.45) is 0. The maximum atomic E-state index is 5.59. The summed E-state index contributed by atoms with van der Waals surface area (Å²) >= 11 is 1.84. The van der Waals surface area contributed by atoms with Gasteiger partial charge in [-0.2, -0.15) is 0 Å². The lowest BCUT2D eigenvalue weighted by Crippen LogP contribution is -2.02. The number of hydrogen-bond acceptors (Lipinski definition) is 4. The molecular weight excluding hydrogens is 965 g/mol. The van der Waals surface area contributed by atoms with Crippen molar-refractivity contribution in [1.82, 2.24) is 19.5 Å². The molecule has 3 aromatic heterocycles. The van der Waals surface area contributed by atoms with Gasteiger partial charge in [0.25, 0.3) is 0 Å². The van der Waals surface area contributed by atoms with Gasteiger partial charge in [-0.1, -0.05) is 188 Å². The van der Waals surface area contributed by atoms with Gasteiger partial charge in [0.15, 0.2) is 17.5 Å². The molecule has 5 heteroatoms. The Labute approximate surface area is 451 Å². The van der Waals surface area contributed by atoms with Gasteiger partial charge in [0.1, 0.15) is 0 Å². The number of hydrogen-bond donors (Lipinski definition) is 0. The number of aromatic nitrogens is 4. The Morgan fingerprint density at radius 3 is 1.27 bits per heavy atom. The Hall–Kier alpha value is -10.1. The minimum atomic E-state index is 0.604. The molecule has 0 saturated carbocycles. The van der Waals surface area contributed by atoms with E-state index in [0.717, 1.165) is 55.3 Å². The van der Waals surface area contributed by atoms with Crippen LogP contribution in [-0.4, -0.2) is 19.5 Å². The van der Waals surface area contributed by atoms with Crippen molar-refractivity contribution in [1.29, 1.82) is 0 Å². The van der Waals surface area contributed by atoms with Gasteiger partial charge in [0.05, 0.1) is 11.0 Å². The zero-order valence-corrected chi connectivity index (χ0v) is 42.8. The van der Waals surface area contributed by atoms with Crippen molar-refractivity contribution in [2.75, 3.05) is 0 Å². The maximum Gasteiger partial charge on any atom is 0.164 e. The average Bonchev–Trinajstić information content (AvgIpc) is 4.09. The molecule has 17 aromatic rings. The topological polar surface area (TPSA) is 43.6 Å². The van der Waals surface area contributed by atoms with Crippen molar-refractivity contribution < 1.29 is 0 Å². The molecule has 0 atom stereocenters. The Morgan fingerprint density at radius 2 is 0.679 bits per heavy atom. The molecule has 0 saturated heterocycles. The van der Waals surface area contributed by atoms with E-state index in [0.29, 0.717) is 17.5 Å². The van der Waals surface area contributed by atoms with Crippen LogP contribution in [-0.2, 0) is 0 Å². The number of fused-ring (bicyclic) bond motifs is 19. The Morgan fingerprint density at radius 1 is 0.244 bits per heavy atom. The molecule has 3 heterocycles. The van der Waals surface area contributed by atoms with Gasteiger partial charge in [-0.05, 0) is 153 Å². The lowest BCUT2D eigenvalue weighted by molar-refractivity contribution is 1.07. The summed E-state index contributed by atoms with van der Waals surface area (Å²) in [6, 6.07) is 93.1. The minimum Gasteiger partial charge on any atom is -0.309 e. The first-order valence-electron chi connectivity index (χ1n) is 26.6. The molecule has 78 heavy (non-hydrogen) atoms. The van der Waals surface area contributed by atoms with E-state index < -0.39 is 0 Å². The summed E-state index contributed by atoms with van der Waals surface area (Å²) in [7, 11) is 0. The van der Waals surface area contributed by atoms with Gasteiger partial charge in [-0.3, -0.25) is 0 Å². The third kappa shape index (κ3) is 6.49. The summed E-state index contributed by atoms with van der Waals surface area (Å²) in [6.45, 7) is 0. The molecule has 360 valence electrons. The van der Waals surface area contributed by atoms with Crippen LogP contribution in [0.2, 0.25) is 0 Å². The molecule has 0 aliphatic heterocycles.